The van der Waals surface area contributed by atoms with E-state index in [1.807, 2.05) is 13.8 Å². The molecule has 0 aromatic rings. The Morgan fingerprint density at radius 3 is 2.44 bits per heavy atom. The molecule has 8 atom stereocenters. The third-order valence-corrected chi connectivity index (χ3v) is 9.89. The number of Topliss-reactive ketones (excluding diaryl/α,β-unsaturated/α-hetero) is 1. The van der Waals surface area contributed by atoms with E-state index in [9.17, 15) is 9.90 Å². The van der Waals surface area contributed by atoms with Crippen LogP contribution in [-0.4, -0.2) is 29.7 Å². The topological polar surface area (TPSA) is 46.5 Å². The van der Waals surface area contributed by atoms with Gasteiger partial charge in [-0.2, -0.15) is 0 Å². The fourth-order valence-corrected chi connectivity index (χ4v) is 8.41. The summed E-state index contributed by atoms with van der Waals surface area (Å²) >= 11 is 0. The van der Waals surface area contributed by atoms with Gasteiger partial charge in [0.05, 0.1) is 12.2 Å². The second-order valence-electron chi connectivity index (χ2n) is 11.0. The first kappa shape index (κ1) is 19.9. The van der Waals surface area contributed by atoms with Crippen LogP contribution in [0.2, 0.25) is 0 Å². The summed E-state index contributed by atoms with van der Waals surface area (Å²) in [5.41, 5.74) is 0.0147. The van der Waals surface area contributed by atoms with E-state index in [0.29, 0.717) is 36.2 Å². The largest absolute Gasteiger partial charge is 0.387 e. The maximum atomic E-state index is 12.3. The number of ketones is 1. The first-order valence-electron chi connectivity index (χ1n) is 11.5. The molecule has 4 fully saturated rings. The highest BCUT2D eigenvalue weighted by molar-refractivity contribution is 5.79. The average molecular weight is 377 g/mol. The number of hydrogen-bond donors (Lipinski definition) is 1. The van der Waals surface area contributed by atoms with Crippen LogP contribution in [-0.2, 0) is 9.53 Å². The molecule has 3 heteroatoms. The Morgan fingerprint density at radius 1 is 1.00 bits per heavy atom. The summed E-state index contributed by atoms with van der Waals surface area (Å²) in [7, 11) is 0. The summed E-state index contributed by atoms with van der Waals surface area (Å²) < 4.78 is 5.62. The van der Waals surface area contributed by atoms with Gasteiger partial charge < -0.3 is 9.84 Å². The van der Waals surface area contributed by atoms with Crippen LogP contribution in [0, 0.1) is 40.4 Å². The molecule has 0 spiro atoms. The Bertz CT molecular complexity index is 588. The van der Waals surface area contributed by atoms with E-state index < -0.39 is 5.60 Å². The maximum Gasteiger partial charge on any atom is 0.133 e. The van der Waals surface area contributed by atoms with Gasteiger partial charge in [-0.1, -0.05) is 13.8 Å². The molecule has 1 N–H and O–H groups in total. The van der Waals surface area contributed by atoms with Gasteiger partial charge >= 0.3 is 0 Å². The Morgan fingerprint density at radius 2 is 1.74 bits per heavy atom. The van der Waals surface area contributed by atoms with Crippen LogP contribution in [0.4, 0.5) is 0 Å². The maximum absolute atomic E-state index is 12.3. The Balaban J connectivity index is 1.53. The molecule has 4 aliphatic rings. The van der Waals surface area contributed by atoms with E-state index in [1.54, 1.807) is 0 Å². The van der Waals surface area contributed by atoms with Crippen LogP contribution in [0.5, 0.6) is 0 Å². The second-order valence-corrected chi connectivity index (χ2v) is 11.0. The van der Waals surface area contributed by atoms with E-state index in [0.717, 1.165) is 43.4 Å². The van der Waals surface area contributed by atoms with Gasteiger partial charge in [0.25, 0.3) is 0 Å². The van der Waals surface area contributed by atoms with Gasteiger partial charge in [-0.25, -0.2) is 0 Å². The number of carbonyl (C=O) groups is 1. The van der Waals surface area contributed by atoms with Crippen molar-refractivity contribution in [2.45, 2.75) is 91.1 Å². The highest BCUT2D eigenvalue weighted by Crippen LogP contribution is 2.68. The van der Waals surface area contributed by atoms with Crippen molar-refractivity contribution in [3.05, 3.63) is 0 Å². The average Bonchev–Trinajstić information content (AvgIpc) is 2.98. The molecule has 4 saturated carbocycles. The standard InChI is InChI=1S/C24H40O3/c1-5-27-15-24(26)13-12-22(3)17(14-24)6-7-18-20-9-8-19(16(2)25)23(20,4)11-10-21(18)22/h17-21,26H,5-15H2,1-4H3/t17-,18+,19-,20+,21+,22+,23-,24-/m1/s1. The molecular weight excluding hydrogens is 336 g/mol. The monoisotopic (exact) mass is 376 g/mol. The van der Waals surface area contributed by atoms with E-state index in [-0.39, 0.29) is 5.41 Å². The number of fused-ring (bicyclic) bond motifs is 5. The zero-order chi connectivity index (χ0) is 19.4. The SMILES string of the molecule is CCOC[C@@]1(O)CC[C@@]2(C)[C@H](CC[C@@H]3[C@@H]2CC[C@]2(C)[C@@H](C(C)=O)CC[C@@H]32)C1. The highest BCUT2D eigenvalue weighted by atomic mass is 16.5. The van der Waals surface area contributed by atoms with Crippen LogP contribution < -0.4 is 0 Å². The van der Waals surface area contributed by atoms with Gasteiger partial charge in [0, 0.05) is 12.5 Å². The molecule has 0 radical (unpaired) electrons. The minimum Gasteiger partial charge on any atom is -0.387 e. The molecule has 0 aliphatic heterocycles. The molecule has 0 amide bonds. The summed E-state index contributed by atoms with van der Waals surface area (Å²) in [5.74, 6) is 3.69. The third kappa shape index (κ3) is 3.03. The van der Waals surface area contributed by atoms with E-state index in [1.165, 1.54) is 32.1 Å². The summed E-state index contributed by atoms with van der Waals surface area (Å²) in [6, 6.07) is 0. The van der Waals surface area contributed by atoms with Gasteiger partial charge in [-0.3, -0.25) is 4.79 Å². The van der Waals surface area contributed by atoms with E-state index >= 15 is 0 Å². The number of hydrogen-bond acceptors (Lipinski definition) is 3. The second kappa shape index (κ2) is 6.83. The minimum absolute atomic E-state index is 0.251. The lowest BCUT2D eigenvalue weighted by atomic mass is 9.44. The number of ether oxygens (including phenoxy) is 1. The molecule has 154 valence electrons. The van der Waals surface area contributed by atoms with Crippen molar-refractivity contribution in [2.24, 2.45) is 40.4 Å². The van der Waals surface area contributed by atoms with Crippen LogP contribution >= 0.6 is 0 Å². The van der Waals surface area contributed by atoms with Crippen LogP contribution in [0.25, 0.3) is 0 Å². The fourth-order valence-electron chi connectivity index (χ4n) is 8.41. The Labute approximate surface area is 165 Å². The normalized spacial score (nSPS) is 52.0. The van der Waals surface area contributed by atoms with Crippen molar-refractivity contribution in [2.75, 3.05) is 13.2 Å². The van der Waals surface area contributed by atoms with Gasteiger partial charge in [-0.15, -0.1) is 0 Å². The van der Waals surface area contributed by atoms with E-state index in [4.69, 9.17) is 4.74 Å². The van der Waals surface area contributed by atoms with Crippen molar-refractivity contribution in [3.63, 3.8) is 0 Å². The summed E-state index contributed by atoms with van der Waals surface area (Å²) in [6.45, 7) is 10.00. The van der Waals surface area contributed by atoms with Crippen molar-refractivity contribution < 1.29 is 14.6 Å². The summed E-state index contributed by atoms with van der Waals surface area (Å²) in [5, 5.41) is 11.1. The third-order valence-electron chi connectivity index (χ3n) is 9.89. The van der Waals surface area contributed by atoms with Crippen molar-refractivity contribution >= 4 is 5.78 Å². The van der Waals surface area contributed by atoms with Gasteiger partial charge in [0.1, 0.15) is 5.78 Å². The number of aliphatic hydroxyl groups is 1. The molecule has 0 aromatic heterocycles. The lowest BCUT2D eigenvalue weighted by molar-refractivity contribution is -0.165. The Kier molecular flexibility index (Phi) is 5.03. The molecule has 0 heterocycles. The molecule has 0 unspecified atom stereocenters. The zero-order valence-corrected chi connectivity index (χ0v) is 17.9. The molecule has 4 aliphatic carbocycles. The van der Waals surface area contributed by atoms with Crippen molar-refractivity contribution in [1.82, 2.24) is 0 Å². The quantitative estimate of drug-likeness (QED) is 0.751. The molecule has 27 heavy (non-hydrogen) atoms. The summed E-state index contributed by atoms with van der Waals surface area (Å²) in [4.78, 5) is 12.3. The smallest absolute Gasteiger partial charge is 0.133 e. The van der Waals surface area contributed by atoms with Crippen LogP contribution in [0.15, 0.2) is 0 Å². The summed E-state index contributed by atoms with van der Waals surface area (Å²) in [6.07, 6.45) is 10.4. The number of rotatable bonds is 4. The lowest BCUT2D eigenvalue weighted by Crippen LogP contribution is -2.56. The van der Waals surface area contributed by atoms with Crippen LogP contribution in [0.3, 0.4) is 0 Å². The fraction of sp³-hybridized carbons (Fsp3) is 0.958. The minimum atomic E-state index is -0.608. The molecule has 0 saturated heterocycles. The molecule has 4 rings (SSSR count). The van der Waals surface area contributed by atoms with Gasteiger partial charge in [0.15, 0.2) is 0 Å². The molecule has 0 aromatic carbocycles. The number of carbonyl (C=O) groups excluding carboxylic acids is 1. The lowest BCUT2D eigenvalue weighted by Gasteiger charge is -2.62. The van der Waals surface area contributed by atoms with Gasteiger partial charge in [0.2, 0.25) is 0 Å². The van der Waals surface area contributed by atoms with Crippen molar-refractivity contribution in [3.8, 4) is 0 Å². The van der Waals surface area contributed by atoms with Gasteiger partial charge in [-0.05, 0) is 106 Å². The predicted molar refractivity (Wildman–Crippen MR) is 107 cm³/mol. The molecular formula is C24H40O3. The molecule has 0 bridgehead atoms. The van der Waals surface area contributed by atoms with Crippen molar-refractivity contribution in [1.29, 1.82) is 0 Å². The molecule has 3 nitrogen and oxygen atoms in total. The predicted octanol–water partition coefficient (Wildman–Crippen LogP) is 5.00. The van der Waals surface area contributed by atoms with E-state index in [2.05, 4.69) is 13.8 Å². The Hall–Kier alpha value is -0.410. The zero-order valence-electron chi connectivity index (χ0n) is 17.9. The van der Waals surface area contributed by atoms with Crippen LogP contribution in [0.1, 0.15) is 85.5 Å². The first-order chi connectivity index (χ1) is 12.7. The highest BCUT2D eigenvalue weighted by Gasteiger charge is 2.61. The first-order valence-corrected chi connectivity index (χ1v) is 11.5.